The van der Waals surface area contributed by atoms with E-state index in [0.29, 0.717) is 21.8 Å². The highest BCUT2D eigenvalue weighted by molar-refractivity contribution is 9.10. The molecule has 3 unspecified atom stereocenters. The third-order valence-electron chi connectivity index (χ3n) is 4.81. The highest BCUT2D eigenvalue weighted by Gasteiger charge is 2.57. The van der Waals surface area contributed by atoms with E-state index in [1.807, 2.05) is 6.07 Å². The van der Waals surface area contributed by atoms with Gasteiger partial charge in [-0.2, -0.15) is 13.2 Å². The number of rotatable bonds is 2. The van der Waals surface area contributed by atoms with Crippen LogP contribution < -0.4 is 10.7 Å². The predicted molar refractivity (Wildman–Crippen MR) is 103 cm³/mol. The molecular weight excluding hydrogens is 459 g/mol. The SMILES string of the molecule is O=C1C=C(c2cccc(Br)c2)NC2C(c3ccc(Cl)cc3)C(C(F)(F)F)NN12. The molecule has 0 radical (unpaired) electrons. The second kappa shape index (κ2) is 7.09. The minimum Gasteiger partial charge on any atom is -0.363 e. The van der Waals surface area contributed by atoms with E-state index in [-0.39, 0.29) is 0 Å². The average molecular weight is 473 g/mol. The van der Waals surface area contributed by atoms with Gasteiger partial charge in [0.05, 0.1) is 5.92 Å². The topological polar surface area (TPSA) is 44.4 Å². The number of hydrogen-bond acceptors (Lipinski definition) is 3. The summed E-state index contributed by atoms with van der Waals surface area (Å²) in [7, 11) is 0. The van der Waals surface area contributed by atoms with Crippen LogP contribution in [0.2, 0.25) is 5.02 Å². The summed E-state index contributed by atoms with van der Waals surface area (Å²) in [4.78, 5) is 12.6. The summed E-state index contributed by atoms with van der Waals surface area (Å²) >= 11 is 9.26. The van der Waals surface area contributed by atoms with Crippen LogP contribution >= 0.6 is 27.5 Å². The Labute approximate surface area is 172 Å². The van der Waals surface area contributed by atoms with Crippen molar-refractivity contribution >= 4 is 39.1 Å². The zero-order valence-electron chi connectivity index (χ0n) is 14.2. The molecule has 2 aliphatic rings. The van der Waals surface area contributed by atoms with Gasteiger partial charge in [0.1, 0.15) is 12.2 Å². The Balaban J connectivity index is 1.75. The summed E-state index contributed by atoms with van der Waals surface area (Å²) < 4.78 is 42.0. The zero-order chi connectivity index (χ0) is 20.1. The summed E-state index contributed by atoms with van der Waals surface area (Å²) in [5.74, 6) is -1.58. The van der Waals surface area contributed by atoms with Crippen LogP contribution in [0, 0.1) is 0 Å². The lowest BCUT2D eigenvalue weighted by Gasteiger charge is -2.33. The minimum absolute atomic E-state index is 0.428. The van der Waals surface area contributed by atoms with E-state index in [1.54, 1.807) is 42.5 Å². The van der Waals surface area contributed by atoms with Crippen molar-refractivity contribution < 1.29 is 18.0 Å². The maximum absolute atomic E-state index is 13.7. The van der Waals surface area contributed by atoms with Crippen molar-refractivity contribution in [1.29, 1.82) is 0 Å². The van der Waals surface area contributed by atoms with E-state index in [4.69, 9.17) is 11.6 Å². The van der Waals surface area contributed by atoms with E-state index in [0.717, 1.165) is 9.48 Å². The smallest absolute Gasteiger partial charge is 0.363 e. The molecule has 2 heterocycles. The lowest BCUT2D eigenvalue weighted by Crippen LogP contribution is -2.53. The van der Waals surface area contributed by atoms with Gasteiger partial charge < -0.3 is 5.32 Å². The Bertz CT molecular complexity index is 948. The summed E-state index contributed by atoms with van der Waals surface area (Å²) in [5, 5.41) is 4.55. The first-order valence-corrected chi connectivity index (χ1v) is 9.57. The quantitative estimate of drug-likeness (QED) is 0.680. The Morgan fingerprint density at radius 3 is 2.46 bits per heavy atom. The number of hydrazine groups is 1. The number of nitrogens with zero attached hydrogens (tertiary/aromatic N) is 1. The first-order valence-electron chi connectivity index (χ1n) is 8.40. The number of hydrogen-bond donors (Lipinski definition) is 2. The molecule has 1 amide bonds. The Morgan fingerprint density at radius 1 is 1.11 bits per heavy atom. The fourth-order valence-electron chi connectivity index (χ4n) is 3.56. The van der Waals surface area contributed by atoms with E-state index in [2.05, 4.69) is 26.7 Å². The van der Waals surface area contributed by atoms with Crippen LogP contribution in [-0.4, -0.2) is 29.3 Å². The maximum atomic E-state index is 13.7. The molecule has 28 heavy (non-hydrogen) atoms. The van der Waals surface area contributed by atoms with Crippen molar-refractivity contribution in [1.82, 2.24) is 15.8 Å². The Kier molecular flexibility index (Phi) is 4.89. The molecule has 0 spiro atoms. The molecule has 3 atom stereocenters. The highest BCUT2D eigenvalue weighted by Crippen LogP contribution is 2.41. The lowest BCUT2D eigenvalue weighted by atomic mass is 9.89. The van der Waals surface area contributed by atoms with Crippen LogP contribution in [0.25, 0.3) is 5.70 Å². The lowest BCUT2D eigenvalue weighted by molar-refractivity contribution is -0.161. The molecule has 2 N–H and O–H groups in total. The van der Waals surface area contributed by atoms with Gasteiger partial charge in [0.2, 0.25) is 0 Å². The number of benzene rings is 2. The van der Waals surface area contributed by atoms with E-state index >= 15 is 0 Å². The standard InChI is InChI=1S/C19H14BrClF3N3O/c20-12-3-1-2-11(8-12)14-9-15(28)27-18(25-14)16(17(26-27)19(22,23)24)10-4-6-13(21)7-5-10/h1-9,16-18,25-26H. The first kappa shape index (κ1) is 19.3. The van der Waals surface area contributed by atoms with Crippen molar-refractivity contribution in [3.05, 3.63) is 75.2 Å². The maximum Gasteiger partial charge on any atom is 0.406 e. The number of alkyl halides is 3. The van der Waals surface area contributed by atoms with Crippen molar-refractivity contribution in [2.75, 3.05) is 0 Å². The molecule has 0 aromatic heterocycles. The fourth-order valence-corrected chi connectivity index (χ4v) is 4.09. The normalized spacial score (nSPS) is 24.6. The third-order valence-corrected chi connectivity index (χ3v) is 5.55. The third kappa shape index (κ3) is 3.52. The Morgan fingerprint density at radius 2 is 1.82 bits per heavy atom. The van der Waals surface area contributed by atoms with Crippen LogP contribution in [0.5, 0.6) is 0 Å². The van der Waals surface area contributed by atoms with Gasteiger partial charge in [0.15, 0.2) is 0 Å². The van der Waals surface area contributed by atoms with Gasteiger partial charge in [-0.05, 0) is 35.4 Å². The number of carbonyl (C=O) groups is 1. The van der Waals surface area contributed by atoms with Gasteiger partial charge in [-0.25, -0.2) is 5.43 Å². The fraction of sp³-hybridized carbons (Fsp3) is 0.211. The molecule has 4 nitrogen and oxygen atoms in total. The number of amides is 1. The summed E-state index contributed by atoms with van der Waals surface area (Å²) in [6, 6.07) is 11.5. The summed E-state index contributed by atoms with van der Waals surface area (Å²) in [6.45, 7) is 0. The van der Waals surface area contributed by atoms with E-state index in [1.165, 1.54) is 6.08 Å². The van der Waals surface area contributed by atoms with Gasteiger partial charge in [-0.1, -0.05) is 51.8 Å². The first-order chi connectivity index (χ1) is 13.2. The molecule has 9 heteroatoms. The van der Waals surface area contributed by atoms with Crippen molar-refractivity contribution in [2.45, 2.75) is 24.3 Å². The molecule has 2 aromatic carbocycles. The molecule has 1 fully saturated rings. The van der Waals surface area contributed by atoms with Gasteiger partial charge >= 0.3 is 6.18 Å². The van der Waals surface area contributed by atoms with Crippen LogP contribution in [0.1, 0.15) is 17.0 Å². The molecule has 0 saturated carbocycles. The van der Waals surface area contributed by atoms with Gasteiger partial charge in [0, 0.05) is 21.3 Å². The largest absolute Gasteiger partial charge is 0.406 e. The number of carbonyl (C=O) groups excluding carboxylic acids is 1. The van der Waals surface area contributed by atoms with Crippen molar-refractivity contribution in [2.24, 2.45) is 0 Å². The Hall–Kier alpha value is -2.03. The average Bonchev–Trinajstić information content (AvgIpc) is 3.03. The monoisotopic (exact) mass is 471 g/mol. The second-order valence-electron chi connectivity index (χ2n) is 6.59. The van der Waals surface area contributed by atoms with Crippen LogP contribution in [0.4, 0.5) is 13.2 Å². The van der Waals surface area contributed by atoms with E-state index in [9.17, 15) is 18.0 Å². The second-order valence-corrected chi connectivity index (χ2v) is 7.94. The van der Waals surface area contributed by atoms with Crippen LogP contribution in [0.3, 0.4) is 0 Å². The minimum atomic E-state index is -4.54. The molecule has 4 rings (SSSR count). The summed E-state index contributed by atoms with van der Waals surface area (Å²) in [5.41, 5.74) is 3.94. The molecular formula is C19H14BrClF3N3O. The van der Waals surface area contributed by atoms with Crippen LogP contribution in [0.15, 0.2) is 59.1 Å². The molecule has 146 valence electrons. The van der Waals surface area contributed by atoms with E-state index < -0.39 is 30.2 Å². The molecule has 2 aromatic rings. The predicted octanol–water partition coefficient (Wildman–Crippen LogP) is 4.43. The highest BCUT2D eigenvalue weighted by atomic mass is 79.9. The van der Waals surface area contributed by atoms with Gasteiger partial charge in [-0.3, -0.25) is 9.80 Å². The number of halogens is 5. The number of fused-ring (bicyclic) bond motifs is 1. The molecule has 0 aliphatic carbocycles. The van der Waals surface area contributed by atoms with Crippen molar-refractivity contribution in [3.63, 3.8) is 0 Å². The van der Waals surface area contributed by atoms with Gasteiger partial charge in [0.25, 0.3) is 5.91 Å². The zero-order valence-corrected chi connectivity index (χ0v) is 16.5. The van der Waals surface area contributed by atoms with Crippen molar-refractivity contribution in [3.8, 4) is 0 Å². The molecule has 0 bridgehead atoms. The number of nitrogens with one attached hydrogen (secondary N) is 2. The summed E-state index contributed by atoms with van der Waals surface area (Å²) in [6.07, 6.45) is -4.15. The molecule has 2 aliphatic heterocycles. The molecule has 1 saturated heterocycles. The van der Waals surface area contributed by atoms with Crippen LogP contribution in [-0.2, 0) is 4.79 Å². The van der Waals surface area contributed by atoms with Gasteiger partial charge in [-0.15, -0.1) is 0 Å².